The Labute approximate surface area is 265 Å². The SMILES string of the molecule is CN1CCN(C(c2cccc(F)c2)C2CCN(C(=O)CC(NS(=O)(=O)c3ccc4ccccc4c3)c3ccccc3)CC2)CC1. The second-order valence-corrected chi connectivity index (χ2v) is 14.1. The van der Waals surface area contributed by atoms with Crippen molar-refractivity contribution in [3.05, 3.63) is 114 Å². The molecule has 0 aliphatic carbocycles. The lowest BCUT2D eigenvalue weighted by Gasteiger charge is -2.44. The summed E-state index contributed by atoms with van der Waals surface area (Å²) in [5.41, 5.74) is 1.74. The number of piperazine rings is 1. The minimum absolute atomic E-state index is 0.0211. The van der Waals surface area contributed by atoms with Crippen LogP contribution in [0.1, 0.15) is 42.5 Å². The van der Waals surface area contributed by atoms with Crippen LogP contribution in [0.3, 0.4) is 0 Å². The van der Waals surface area contributed by atoms with Gasteiger partial charge in [0.25, 0.3) is 0 Å². The van der Waals surface area contributed by atoms with Crippen molar-refractivity contribution in [2.24, 2.45) is 5.92 Å². The molecule has 0 spiro atoms. The Bertz CT molecular complexity index is 1720. The van der Waals surface area contributed by atoms with E-state index in [-0.39, 0.29) is 35.0 Å². The minimum atomic E-state index is -3.91. The Hall–Kier alpha value is -3.63. The first kappa shape index (κ1) is 31.4. The molecule has 4 aromatic rings. The Balaban J connectivity index is 1.16. The molecule has 1 amide bonds. The largest absolute Gasteiger partial charge is 0.343 e. The van der Waals surface area contributed by atoms with Gasteiger partial charge in [-0.25, -0.2) is 17.5 Å². The Morgan fingerprint density at radius 1 is 0.800 bits per heavy atom. The highest BCUT2D eigenvalue weighted by molar-refractivity contribution is 7.89. The van der Waals surface area contributed by atoms with Crippen molar-refractivity contribution >= 4 is 26.7 Å². The first-order valence-corrected chi connectivity index (χ1v) is 17.3. The van der Waals surface area contributed by atoms with E-state index in [9.17, 15) is 17.6 Å². The van der Waals surface area contributed by atoms with Crippen molar-refractivity contribution in [1.29, 1.82) is 0 Å². The number of fused-ring (bicyclic) bond motifs is 1. The molecule has 2 aliphatic rings. The van der Waals surface area contributed by atoms with Crippen molar-refractivity contribution in [2.45, 2.75) is 36.2 Å². The lowest BCUT2D eigenvalue weighted by Crippen LogP contribution is -2.49. The summed E-state index contributed by atoms with van der Waals surface area (Å²) < 4.78 is 44.3. The molecule has 45 heavy (non-hydrogen) atoms. The van der Waals surface area contributed by atoms with Gasteiger partial charge in [0, 0.05) is 51.7 Å². The summed E-state index contributed by atoms with van der Waals surface area (Å²) in [6, 6.07) is 28.3. The first-order chi connectivity index (χ1) is 21.8. The third-order valence-electron chi connectivity index (χ3n) is 9.37. The van der Waals surface area contributed by atoms with Crippen molar-refractivity contribution in [3.63, 3.8) is 0 Å². The molecule has 1 N–H and O–H groups in total. The molecule has 7 nitrogen and oxygen atoms in total. The Morgan fingerprint density at radius 2 is 1.47 bits per heavy atom. The average molecular weight is 629 g/mol. The highest BCUT2D eigenvalue weighted by atomic mass is 32.2. The molecule has 4 aromatic carbocycles. The number of nitrogens with one attached hydrogen (secondary N) is 1. The van der Waals surface area contributed by atoms with Crippen LogP contribution in [0.25, 0.3) is 10.8 Å². The van der Waals surface area contributed by atoms with Crippen molar-refractivity contribution < 1.29 is 17.6 Å². The van der Waals surface area contributed by atoms with Gasteiger partial charge in [-0.05, 0) is 72.0 Å². The van der Waals surface area contributed by atoms with Gasteiger partial charge in [0.1, 0.15) is 5.82 Å². The summed E-state index contributed by atoms with van der Waals surface area (Å²) in [6.07, 6.45) is 1.63. The summed E-state index contributed by atoms with van der Waals surface area (Å²) in [5, 5.41) is 1.80. The fourth-order valence-electron chi connectivity index (χ4n) is 6.84. The fourth-order valence-corrected chi connectivity index (χ4v) is 8.10. The summed E-state index contributed by atoms with van der Waals surface area (Å²) >= 11 is 0. The van der Waals surface area contributed by atoms with Crippen LogP contribution in [0.2, 0.25) is 0 Å². The molecule has 2 heterocycles. The van der Waals surface area contributed by atoms with E-state index < -0.39 is 16.1 Å². The maximum Gasteiger partial charge on any atom is 0.241 e. The van der Waals surface area contributed by atoms with Crippen LogP contribution in [-0.2, 0) is 14.8 Å². The maximum absolute atomic E-state index is 14.3. The van der Waals surface area contributed by atoms with Crippen LogP contribution in [0, 0.1) is 11.7 Å². The molecular weight excluding hydrogens is 587 g/mol. The zero-order valence-corrected chi connectivity index (χ0v) is 26.5. The van der Waals surface area contributed by atoms with E-state index in [0.717, 1.165) is 60.9 Å². The van der Waals surface area contributed by atoms with E-state index in [4.69, 9.17) is 0 Å². The number of likely N-dealkylation sites (tertiary alicyclic amines) is 1. The van der Waals surface area contributed by atoms with E-state index in [2.05, 4.69) is 21.6 Å². The average Bonchev–Trinajstić information content (AvgIpc) is 3.06. The lowest BCUT2D eigenvalue weighted by molar-refractivity contribution is -0.133. The van der Waals surface area contributed by atoms with Crippen molar-refractivity contribution in [1.82, 2.24) is 19.4 Å². The van der Waals surface area contributed by atoms with Gasteiger partial charge >= 0.3 is 0 Å². The first-order valence-electron chi connectivity index (χ1n) is 15.8. The van der Waals surface area contributed by atoms with E-state index in [1.54, 1.807) is 30.3 Å². The Morgan fingerprint density at radius 3 is 2.18 bits per heavy atom. The van der Waals surface area contributed by atoms with Gasteiger partial charge in [-0.3, -0.25) is 9.69 Å². The number of rotatable bonds is 9. The van der Waals surface area contributed by atoms with Gasteiger partial charge in [0.05, 0.1) is 10.9 Å². The topological polar surface area (TPSA) is 73.0 Å². The number of hydrogen-bond donors (Lipinski definition) is 1. The van der Waals surface area contributed by atoms with Crippen LogP contribution in [0.4, 0.5) is 4.39 Å². The number of hydrogen-bond acceptors (Lipinski definition) is 5. The summed E-state index contributed by atoms with van der Waals surface area (Å²) in [5.74, 6) is -0.0154. The molecular formula is C36H41FN4O3S. The molecule has 236 valence electrons. The van der Waals surface area contributed by atoms with Gasteiger partial charge < -0.3 is 9.80 Å². The number of piperidine rings is 1. The van der Waals surface area contributed by atoms with Crippen molar-refractivity contribution in [2.75, 3.05) is 46.3 Å². The van der Waals surface area contributed by atoms with Gasteiger partial charge in [-0.1, -0.05) is 72.8 Å². The second kappa shape index (κ2) is 13.8. The molecule has 2 unspecified atom stereocenters. The standard InChI is InChI=1S/C36H41FN4O3S/c1-39-20-22-41(23-21-39)36(31-12-7-13-32(37)24-31)29-16-18-40(19-17-29)35(42)26-34(28-9-3-2-4-10-28)38-45(43,44)33-15-14-27-8-5-6-11-30(27)25-33/h2-15,24-25,29,34,36,38H,16-23,26H2,1H3. The molecule has 0 aromatic heterocycles. The molecule has 0 radical (unpaired) electrons. The molecule has 2 atom stereocenters. The third kappa shape index (κ3) is 7.44. The molecule has 2 aliphatic heterocycles. The highest BCUT2D eigenvalue weighted by Gasteiger charge is 2.35. The predicted octanol–water partition coefficient (Wildman–Crippen LogP) is 5.62. The number of likely N-dealkylation sites (N-methyl/N-ethyl adjacent to an activating group) is 1. The fraction of sp³-hybridized carbons (Fsp3) is 0.361. The smallest absolute Gasteiger partial charge is 0.241 e. The van der Waals surface area contributed by atoms with Gasteiger partial charge in [0.2, 0.25) is 15.9 Å². The van der Waals surface area contributed by atoms with Gasteiger partial charge in [-0.15, -0.1) is 0 Å². The lowest BCUT2D eigenvalue weighted by atomic mass is 9.83. The summed E-state index contributed by atoms with van der Waals surface area (Å²) in [6.45, 7) is 4.96. The predicted molar refractivity (Wildman–Crippen MR) is 176 cm³/mol. The van der Waals surface area contributed by atoms with E-state index in [1.165, 1.54) is 6.07 Å². The van der Waals surface area contributed by atoms with Crippen molar-refractivity contribution in [3.8, 4) is 0 Å². The number of amides is 1. The van der Waals surface area contributed by atoms with Gasteiger partial charge in [0.15, 0.2) is 0 Å². The Kier molecular flexibility index (Phi) is 9.61. The molecule has 6 rings (SSSR count). The number of halogens is 1. The van der Waals surface area contributed by atoms with Crippen LogP contribution >= 0.6 is 0 Å². The highest BCUT2D eigenvalue weighted by Crippen LogP contribution is 2.37. The molecule has 2 saturated heterocycles. The maximum atomic E-state index is 14.3. The summed E-state index contributed by atoms with van der Waals surface area (Å²) in [7, 11) is -1.78. The van der Waals surface area contributed by atoms with E-state index >= 15 is 0 Å². The molecule has 0 saturated carbocycles. The normalized spacial score (nSPS) is 18.6. The monoisotopic (exact) mass is 628 g/mol. The van der Waals surface area contributed by atoms with E-state index in [0.29, 0.717) is 13.1 Å². The molecule has 0 bridgehead atoms. The quantitative estimate of drug-likeness (QED) is 0.261. The van der Waals surface area contributed by atoms with Crippen LogP contribution < -0.4 is 4.72 Å². The zero-order chi connectivity index (χ0) is 31.4. The molecule has 9 heteroatoms. The van der Waals surface area contributed by atoms with E-state index in [1.807, 2.05) is 65.6 Å². The van der Waals surface area contributed by atoms with Crippen LogP contribution in [0.15, 0.2) is 102 Å². The molecule has 2 fully saturated rings. The number of sulfonamides is 1. The van der Waals surface area contributed by atoms with Gasteiger partial charge in [-0.2, -0.15) is 0 Å². The number of carbonyl (C=O) groups is 1. The van der Waals surface area contributed by atoms with Crippen LogP contribution in [-0.4, -0.2) is 75.3 Å². The minimum Gasteiger partial charge on any atom is -0.343 e. The number of benzene rings is 4. The number of carbonyl (C=O) groups excluding carboxylic acids is 1. The van der Waals surface area contributed by atoms with Crippen LogP contribution in [0.5, 0.6) is 0 Å². The number of nitrogens with zero attached hydrogens (tertiary/aromatic N) is 3. The third-order valence-corrected chi connectivity index (χ3v) is 10.8. The second-order valence-electron chi connectivity index (χ2n) is 12.4. The zero-order valence-electron chi connectivity index (χ0n) is 25.7. The summed E-state index contributed by atoms with van der Waals surface area (Å²) in [4.78, 5) is 20.6.